The molecule has 5 aromatic rings. The van der Waals surface area contributed by atoms with Crippen LogP contribution in [0.1, 0.15) is 16.0 Å². The molecular weight excluding hydrogens is 428 g/mol. The first-order valence-corrected chi connectivity index (χ1v) is 11.1. The molecule has 1 N–H and O–H groups in total. The molecule has 0 bridgehead atoms. The van der Waals surface area contributed by atoms with Crippen molar-refractivity contribution in [3.63, 3.8) is 0 Å². The lowest BCUT2D eigenvalue weighted by atomic mass is 10.2. The Kier molecular flexibility index (Phi) is 5.79. The zero-order chi connectivity index (χ0) is 22.5. The van der Waals surface area contributed by atoms with Crippen molar-refractivity contribution in [1.29, 1.82) is 5.26 Å². The van der Waals surface area contributed by atoms with E-state index in [0.29, 0.717) is 5.56 Å². The number of thiophene rings is 1. The molecular formula is C27H18N4OS. The first kappa shape index (κ1) is 20.4. The third-order valence-electron chi connectivity index (χ3n) is 4.93. The van der Waals surface area contributed by atoms with Crippen molar-refractivity contribution in [2.75, 3.05) is 5.32 Å². The van der Waals surface area contributed by atoms with Crippen molar-refractivity contribution < 1.29 is 4.74 Å². The number of aromatic nitrogens is 2. The fourth-order valence-electron chi connectivity index (χ4n) is 3.32. The van der Waals surface area contributed by atoms with Gasteiger partial charge in [0.05, 0.1) is 21.5 Å². The number of benzene rings is 2. The van der Waals surface area contributed by atoms with E-state index in [1.54, 1.807) is 29.9 Å². The maximum absolute atomic E-state index is 9.66. The van der Waals surface area contributed by atoms with E-state index in [1.807, 2.05) is 84.9 Å². The van der Waals surface area contributed by atoms with Gasteiger partial charge in [-0.15, -0.1) is 11.3 Å². The smallest absolute Gasteiger partial charge is 0.127 e. The van der Waals surface area contributed by atoms with Crippen LogP contribution >= 0.6 is 11.3 Å². The molecule has 0 saturated carbocycles. The summed E-state index contributed by atoms with van der Waals surface area (Å²) in [5.74, 6) is 1.53. The van der Waals surface area contributed by atoms with Crippen molar-refractivity contribution in [3.8, 4) is 17.6 Å². The van der Waals surface area contributed by atoms with Gasteiger partial charge in [-0.25, -0.2) is 0 Å². The normalized spacial score (nSPS) is 10.9. The van der Waals surface area contributed by atoms with Gasteiger partial charge in [0, 0.05) is 29.2 Å². The highest BCUT2D eigenvalue weighted by Gasteiger charge is 2.12. The maximum Gasteiger partial charge on any atom is 0.127 e. The van der Waals surface area contributed by atoms with Gasteiger partial charge < -0.3 is 10.1 Å². The maximum atomic E-state index is 9.66. The zero-order valence-electron chi connectivity index (χ0n) is 17.5. The lowest BCUT2D eigenvalue weighted by Gasteiger charge is -2.10. The second-order valence-electron chi connectivity index (χ2n) is 7.20. The number of ether oxygens (including phenoxy) is 1. The summed E-state index contributed by atoms with van der Waals surface area (Å²) in [7, 11) is 0. The Morgan fingerprint density at radius 3 is 2.42 bits per heavy atom. The molecule has 0 aliphatic rings. The van der Waals surface area contributed by atoms with E-state index in [0.717, 1.165) is 43.5 Å². The Morgan fingerprint density at radius 1 is 0.909 bits per heavy atom. The van der Waals surface area contributed by atoms with Crippen LogP contribution in [-0.2, 0) is 0 Å². The number of fused-ring (bicyclic) bond motifs is 1. The van der Waals surface area contributed by atoms with Crippen LogP contribution in [0.15, 0.2) is 91.4 Å². The first-order chi connectivity index (χ1) is 16.3. The number of anilines is 2. The van der Waals surface area contributed by atoms with E-state index in [2.05, 4.69) is 21.4 Å². The summed E-state index contributed by atoms with van der Waals surface area (Å²) in [6.45, 7) is 0. The van der Waals surface area contributed by atoms with Gasteiger partial charge in [0.15, 0.2) is 0 Å². The molecule has 0 radical (unpaired) electrons. The van der Waals surface area contributed by atoms with Crippen LogP contribution in [0.3, 0.4) is 0 Å². The fraction of sp³-hybridized carbons (Fsp3) is 0. The van der Waals surface area contributed by atoms with E-state index in [1.165, 1.54) is 0 Å². The largest absolute Gasteiger partial charge is 0.457 e. The summed E-state index contributed by atoms with van der Waals surface area (Å²) in [5.41, 5.74) is 4.04. The highest BCUT2D eigenvalue weighted by atomic mass is 32.1. The second kappa shape index (κ2) is 9.35. The molecule has 5 rings (SSSR count). The molecule has 0 unspecified atom stereocenters. The topological polar surface area (TPSA) is 70.8 Å². The Hall–Kier alpha value is -4.47. The van der Waals surface area contributed by atoms with Gasteiger partial charge >= 0.3 is 0 Å². The van der Waals surface area contributed by atoms with Gasteiger partial charge in [-0.05, 0) is 66.2 Å². The molecule has 158 valence electrons. The third-order valence-corrected chi connectivity index (χ3v) is 6.04. The standard InChI is InChI=1S/C27H18N4OS/c28-17-20-18-30-25-16-24(11-6-19-12-14-29-15-13-19)33-27(25)26(20)31-21-7-9-23(10-8-21)32-22-4-2-1-3-5-22/h1-16,18H,(H,30,31). The first-order valence-electron chi connectivity index (χ1n) is 10.3. The van der Waals surface area contributed by atoms with Crippen molar-refractivity contribution >= 4 is 45.1 Å². The SMILES string of the molecule is N#Cc1cnc2cc(C=Cc3ccncc3)sc2c1Nc1ccc(Oc2ccccc2)cc1. The van der Waals surface area contributed by atoms with Crippen LogP contribution in [-0.4, -0.2) is 9.97 Å². The number of hydrogen-bond acceptors (Lipinski definition) is 6. The van der Waals surface area contributed by atoms with Crippen LogP contribution < -0.4 is 10.1 Å². The second-order valence-corrected chi connectivity index (χ2v) is 8.28. The van der Waals surface area contributed by atoms with Gasteiger partial charge in [-0.2, -0.15) is 5.26 Å². The summed E-state index contributed by atoms with van der Waals surface area (Å²) in [6.07, 6.45) is 9.23. The molecule has 33 heavy (non-hydrogen) atoms. The van der Waals surface area contributed by atoms with Crippen LogP contribution in [0, 0.1) is 11.3 Å². The molecule has 0 amide bonds. The summed E-state index contributed by atoms with van der Waals surface area (Å²) < 4.78 is 6.80. The third kappa shape index (κ3) is 4.74. The monoisotopic (exact) mass is 446 g/mol. The molecule has 0 aliphatic carbocycles. The van der Waals surface area contributed by atoms with Crippen molar-refractivity contribution in [2.24, 2.45) is 0 Å². The predicted octanol–water partition coefficient (Wildman–Crippen LogP) is 7.27. The molecule has 0 saturated heterocycles. The van der Waals surface area contributed by atoms with Gasteiger partial charge in [0.25, 0.3) is 0 Å². The average Bonchev–Trinajstić information content (AvgIpc) is 3.29. The van der Waals surface area contributed by atoms with Crippen molar-refractivity contribution in [2.45, 2.75) is 0 Å². The van der Waals surface area contributed by atoms with Crippen molar-refractivity contribution in [3.05, 3.63) is 107 Å². The molecule has 0 atom stereocenters. The Morgan fingerprint density at radius 2 is 1.67 bits per heavy atom. The van der Waals surface area contributed by atoms with Crippen LogP contribution in [0.5, 0.6) is 11.5 Å². The summed E-state index contributed by atoms with van der Waals surface area (Å²) >= 11 is 1.59. The highest BCUT2D eigenvalue weighted by molar-refractivity contribution is 7.20. The fourth-order valence-corrected chi connectivity index (χ4v) is 4.34. The number of nitrogens with zero attached hydrogens (tertiary/aromatic N) is 3. The lowest BCUT2D eigenvalue weighted by Crippen LogP contribution is -1.95. The number of nitrogens with one attached hydrogen (secondary N) is 1. The van der Waals surface area contributed by atoms with Crippen LogP contribution in [0.25, 0.3) is 22.4 Å². The van der Waals surface area contributed by atoms with E-state index in [-0.39, 0.29) is 0 Å². The van der Waals surface area contributed by atoms with Crippen LogP contribution in [0.2, 0.25) is 0 Å². The predicted molar refractivity (Wildman–Crippen MR) is 134 cm³/mol. The molecule has 3 aromatic heterocycles. The molecule has 0 spiro atoms. The summed E-state index contributed by atoms with van der Waals surface area (Å²) in [6, 6.07) is 25.5. The quantitative estimate of drug-likeness (QED) is 0.297. The molecule has 3 heterocycles. The van der Waals surface area contributed by atoms with Gasteiger partial charge in [-0.3, -0.25) is 9.97 Å². The molecule has 5 nitrogen and oxygen atoms in total. The minimum Gasteiger partial charge on any atom is -0.457 e. The number of pyridine rings is 2. The minimum atomic E-state index is 0.499. The highest BCUT2D eigenvalue weighted by Crippen LogP contribution is 2.36. The number of rotatable bonds is 6. The molecule has 2 aromatic carbocycles. The molecule has 0 aliphatic heterocycles. The average molecular weight is 447 g/mol. The number of nitriles is 1. The van der Waals surface area contributed by atoms with E-state index in [9.17, 15) is 5.26 Å². The molecule has 6 heteroatoms. The van der Waals surface area contributed by atoms with Crippen molar-refractivity contribution in [1.82, 2.24) is 9.97 Å². The number of para-hydroxylation sites is 1. The molecule has 0 fully saturated rings. The van der Waals surface area contributed by atoms with Gasteiger partial charge in [-0.1, -0.05) is 24.3 Å². The zero-order valence-corrected chi connectivity index (χ0v) is 18.3. The summed E-state index contributed by atoms with van der Waals surface area (Å²) in [5, 5.41) is 13.1. The van der Waals surface area contributed by atoms with E-state index < -0.39 is 0 Å². The van der Waals surface area contributed by atoms with E-state index in [4.69, 9.17) is 4.74 Å². The number of hydrogen-bond donors (Lipinski definition) is 1. The lowest BCUT2D eigenvalue weighted by molar-refractivity contribution is 0.483. The van der Waals surface area contributed by atoms with Gasteiger partial charge in [0.1, 0.15) is 17.6 Å². The minimum absolute atomic E-state index is 0.499. The summed E-state index contributed by atoms with van der Waals surface area (Å²) in [4.78, 5) is 9.57. The Labute approximate surface area is 195 Å². The van der Waals surface area contributed by atoms with Crippen LogP contribution in [0.4, 0.5) is 11.4 Å². The van der Waals surface area contributed by atoms with E-state index >= 15 is 0 Å². The van der Waals surface area contributed by atoms with Gasteiger partial charge in [0.2, 0.25) is 0 Å². The Bertz CT molecular complexity index is 1450. The Balaban J connectivity index is 1.41.